The second kappa shape index (κ2) is 9.71. The maximum absolute atomic E-state index is 12.8. The fourth-order valence-electron chi connectivity index (χ4n) is 2.57. The molecule has 2 N–H and O–H groups in total. The van der Waals surface area contributed by atoms with Crippen molar-refractivity contribution < 1.29 is 14.3 Å². The molecular formula is C15H28N2O3S. The second-order valence-electron chi connectivity index (χ2n) is 5.35. The summed E-state index contributed by atoms with van der Waals surface area (Å²) in [5.74, 6) is -0.304. The molecule has 0 aromatic rings. The average molecular weight is 316 g/mol. The molecule has 0 rings (SSSR count). The van der Waals surface area contributed by atoms with Crippen LogP contribution < -0.4 is 5.73 Å². The van der Waals surface area contributed by atoms with Gasteiger partial charge in [-0.25, -0.2) is 0 Å². The zero-order chi connectivity index (χ0) is 16.5. The molecule has 0 saturated heterocycles. The summed E-state index contributed by atoms with van der Waals surface area (Å²) in [5.41, 5.74) is 5.14. The number of ether oxygens (including phenoxy) is 1. The molecule has 6 heteroatoms. The monoisotopic (exact) mass is 316 g/mol. The Morgan fingerprint density at radius 3 is 2.14 bits per heavy atom. The maximum Gasteiger partial charge on any atom is 0.305 e. The van der Waals surface area contributed by atoms with Crippen molar-refractivity contribution >= 4 is 29.1 Å². The number of hydrogen-bond donors (Lipinski definition) is 1. The molecule has 0 aliphatic rings. The molecule has 0 atom stereocenters. The van der Waals surface area contributed by atoms with Crippen molar-refractivity contribution in [3.8, 4) is 0 Å². The van der Waals surface area contributed by atoms with E-state index in [1.54, 1.807) is 11.9 Å². The first kappa shape index (κ1) is 19.8. The van der Waals surface area contributed by atoms with E-state index in [1.807, 2.05) is 13.8 Å². The third kappa shape index (κ3) is 5.61. The topological polar surface area (TPSA) is 72.6 Å². The van der Waals surface area contributed by atoms with Crippen molar-refractivity contribution in [1.29, 1.82) is 0 Å². The average Bonchev–Trinajstić information content (AvgIpc) is 2.45. The number of amides is 1. The number of hydrogen-bond acceptors (Lipinski definition) is 4. The van der Waals surface area contributed by atoms with E-state index in [2.05, 4.69) is 4.74 Å². The molecule has 1 amide bonds. The number of carbonyl (C=O) groups is 2. The van der Waals surface area contributed by atoms with Crippen LogP contribution in [0, 0.1) is 5.41 Å². The smallest absolute Gasteiger partial charge is 0.305 e. The third-order valence-corrected chi connectivity index (χ3v) is 4.07. The summed E-state index contributed by atoms with van der Waals surface area (Å²) < 4.78 is 4.59. The highest BCUT2D eigenvalue weighted by atomic mass is 32.1. The quantitative estimate of drug-likeness (QED) is 0.494. The summed E-state index contributed by atoms with van der Waals surface area (Å²) in [6, 6.07) is 0. The van der Waals surface area contributed by atoms with Gasteiger partial charge in [0.15, 0.2) is 0 Å². The van der Waals surface area contributed by atoms with Crippen LogP contribution in [0.25, 0.3) is 0 Å². The van der Waals surface area contributed by atoms with E-state index in [0.29, 0.717) is 32.2 Å². The molecule has 0 spiro atoms. The van der Waals surface area contributed by atoms with Crippen LogP contribution in [0.15, 0.2) is 0 Å². The van der Waals surface area contributed by atoms with Crippen LogP contribution in [-0.2, 0) is 14.3 Å². The highest BCUT2D eigenvalue weighted by Crippen LogP contribution is 2.32. The number of nitrogens with zero attached hydrogens (tertiary/aromatic N) is 1. The van der Waals surface area contributed by atoms with Crippen LogP contribution in [0.4, 0.5) is 0 Å². The van der Waals surface area contributed by atoms with Gasteiger partial charge < -0.3 is 15.4 Å². The standard InChI is InChI=1S/C15H28N2O3S/c1-5-9-15(10-6-2,13(16)21)14(19)17(3)11-7-8-12(18)20-4/h5-11H2,1-4H3,(H2,16,21). The predicted octanol–water partition coefficient (Wildman–Crippen LogP) is 2.27. The third-order valence-electron chi connectivity index (χ3n) is 3.68. The Hall–Kier alpha value is -1.17. The summed E-state index contributed by atoms with van der Waals surface area (Å²) in [7, 11) is 3.09. The SMILES string of the molecule is CCCC(CCC)(C(=O)N(C)CCCC(=O)OC)C(N)=S. The number of thiocarbonyl (C=S) groups is 1. The number of nitrogens with two attached hydrogens (primary N) is 1. The summed E-state index contributed by atoms with van der Waals surface area (Å²) in [4.78, 5) is 25.8. The highest BCUT2D eigenvalue weighted by molar-refractivity contribution is 7.80. The summed E-state index contributed by atoms with van der Waals surface area (Å²) in [5, 5.41) is 0. The van der Waals surface area contributed by atoms with Gasteiger partial charge in [-0.1, -0.05) is 38.9 Å². The molecule has 0 heterocycles. The number of methoxy groups -OCH3 is 1. The minimum Gasteiger partial charge on any atom is -0.469 e. The maximum atomic E-state index is 12.8. The van der Waals surface area contributed by atoms with Crippen LogP contribution in [0.1, 0.15) is 52.4 Å². The van der Waals surface area contributed by atoms with Gasteiger partial charge in [0.25, 0.3) is 0 Å². The van der Waals surface area contributed by atoms with Crippen LogP contribution in [0.2, 0.25) is 0 Å². The van der Waals surface area contributed by atoms with Gasteiger partial charge in [0, 0.05) is 20.0 Å². The molecule has 0 saturated carbocycles. The fraction of sp³-hybridized carbons (Fsp3) is 0.800. The Morgan fingerprint density at radius 2 is 1.76 bits per heavy atom. The lowest BCUT2D eigenvalue weighted by molar-refractivity contribution is -0.142. The molecule has 0 radical (unpaired) electrons. The first-order chi connectivity index (χ1) is 9.85. The Bertz CT molecular complexity index is 366. The van der Waals surface area contributed by atoms with E-state index in [1.165, 1.54) is 7.11 Å². The van der Waals surface area contributed by atoms with Crippen LogP contribution in [0.5, 0.6) is 0 Å². The second-order valence-corrected chi connectivity index (χ2v) is 5.79. The van der Waals surface area contributed by atoms with E-state index in [9.17, 15) is 9.59 Å². The van der Waals surface area contributed by atoms with E-state index in [4.69, 9.17) is 18.0 Å². The van der Waals surface area contributed by atoms with E-state index >= 15 is 0 Å². The molecule has 0 fully saturated rings. The van der Waals surface area contributed by atoms with Crippen LogP contribution in [-0.4, -0.2) is 42.5 Å². The first-order valence-corrected chi connectivity index (χ1v) is 7.88. The van der Waals surface area contributed by atoms with Gasteiger partial charge in [0.2, 0.25) is 5.91 Å². The number of carbonyl (C=O) groups excluding carboxylic acids is 2. The van der Waals surface area contributed by atoms with Gasteiger partial charge in [-0.05, 0) is 19.3 Å². The van der Waals surface area contributed by atoms with Gasteiger partial charge in [-0.15, -0.1) is 0 Å². The van der Waals surface area contributed by atoms with Crippen molar-refractivity contribution in [3.05, 3.63) is 0 Å². The lowest BCUT2D eigenvalue weighted by atomic mass is 9.77. The molecule has 0 unspecified atom stereocenters. The van der Waals surface area contributed by atoms with Gasteiger partial charge in [0.1, 0.15) is 0 Å². The molecule has 0 aromatic carbocycles. The zero-order valence-corrected chi connectivity index (χ0v) is 14.4. The lowest BCUT2D eigenvalue weighted by Crippen LogP contribution is -2.49. The van der Waals surface area contributed by atoms with Crippen molar-refractivity contribution in [2.75, 3.05) is 20.7 Å². The van der Waals surface area contributed by atoms with E-state index in [0.717, 1.165) is 12.8 Å². The van der Waals surface area contributed by atoms with Crippen LogP contribution in [0.3, 0.4) is 0 Å². The van der Waals surface area contributed by atoms with Crippen molar-refractivity contribution in [1.82, 2.24) is 4.90 Å². The first-order valence-electron chi connectivity index (χ1n) is 7.48. The van der Waals surface area contributed by atoms with Gasteiger partial charge in [0.05, 0.1) is 17.5 Å². The van der Waals surface area contributed by atoms with Gasteiger partial charge in [-0.3, -0.25) is 9.59 Å². The normalized spacial score (nSPS) is 11.0. The Kier molecular flexibility index (Phi) is 9.17. The highest BCUT2D eigenvalue weighted by Gasteiger charge is 2.41. The molecule has 5 nitrogen and oxygen atoms in total. The summed E-state index contributed by atoms with van der Waals surface area (Å²) >= 11 is 5.18. The van der Waals surface area contributed by atoms with Crippen molar-refractivity contribution in [2.24, 2.45) is 11.1 Å². The molecule has 0 aromatic heterocycles. The molecular weight excluding hydrogens is 288 g/mol. The van der Waals surface area contributed by atoms with Crippen molar-refractivity contribution in [2.45, 2.75) is 52.4 Å². The molecule has 21 heavy (non-hydrogen) atoms. The Labute approximate surface area is 133 Å². The predicted molar refractivity (Wildman–Crippen MR) is 87.9 cm³/mol. The summed E-state index contributed by atoms with van der Waals surface area (Å²) in [6.45, 7) is 4.53. The number of esters is 1. The fourth-order valence-corrected chi connectivity index (χ4v) is 2.87. The minimum absolute atomic E-state index is 0.0384. The van der Waals surface area contributed by atoms with Crippen molar-refractivity contribution in [3.63, 3.8) is 0 Å². The number of rotatable bonds is 10. The largest absolute Gasteiger partial charge is 0.469 e. The molecule has 0 aliphatic heterocycles. The molecule has 122 valence electrons. The van der Waals surface area contributed by atoms with E-state index in [-0.39, 0.29) is 16.9 Å². The van der Waals surface area contributed by atoms with Crippen LogP contribution >= 0.6 is 12.2 Å². The zero-order valence-electron chi connectivity index (χ0n) is 13.6. The van der Waals surface area contributed by atoms with Gasteiger partial charge >= 0.3 is 5.97 Å². The minimum atomic E-state index is -0.751. The Balaban J connectivity index is 4.85. The Morgan fingerprint density at radius 1 is 1.24 bits per heavy atom. The van der Waals surface area contributed by atoms with Gasteiger partial charge in [-0.2, -0.15) is 0 Å². The van der Waals surface area contributed by atoms with E-state index < -0.39 is 5.41 Å². The lowest BCUT2D eigenvalue weighted by Gasteiger charge is -2.35. The molecule has 0 aliphatic carbocycles. The summed E-state index contributed by atoms with van der Waals surface area (Å²) in [6.07, 6.45) is 3.89. The molecule has 0 bridgehead atoms.